The van der Waals surface area contributed by atoms with E-state index in [-0.39, 0.29) is 11.9 Å². The summed E-state index contributed by atoms with van der Waals surface area (Å²) in [4.78, 5) is 22.1. The highest BCUT2D eigenvalue weighted by atomic mass is 16.2. The van der Waals surface area contributed by atoms with E-state index in [1.165, 1.54) is 12.8 Å². The minimum atomic E-state index is -0.641. The Balaban J connectivity index is 2.07. The van der Waals surface area contributed by atoms with Crippen LogP contribution in [-0.2, 0) is 4.79 Å². The second-order valence-corrected chi connectivity index (χ2v) is 3.89. The molecule has 0 spiro atoms. The average Bonchev–Trinajstić information content (AvgIpc) is 2.65. The zero-order chi connectivity index (χ0) is 8.77. The van der Waals surface area contributed by atoms with Gasteiger partial charge in [0.15, 0.2) is 0 Å². The molecule has 4 heteroatoms. The molecule has 1 aliphatic heterocycles. The molecule has 2 fully saturated rings. The summed E-state index contributed by atoms with van der Waals surface area (Å²) in [6.45, 7) is 1.78. The molecule has 2 aliphatic rings. The molecular formula is C8H12N2O2. The summed E-state index contributed by atoms with van der Waals surface area (Å²) >= 11 is 0. The molecule has 1 saturated carbocycles. The smallest absolute Gasteiger partial charge is 0.322 e. The summed E-state index contributed by atoms with van der Waals surface area (Å²) in [5.41, 5.74) is -0.641. The van der Waals surface area contributed by atoms with Crippen LogP contribution in [0.15, 0.2) is 0 Å². The molecule has 0 radical (unpaired) electrons. The lowest BCUT2D eigenvalue weighted by Gasteiger charge is -2.19. The fraction of sp³-hybridized carbons (Fsp3) is 0.750. The molecule has 2 rings (SSSR count). The van der Waals surface area contributed by atoms with Crippen LogP contribution in [-0.4, -0.2) is 17.5 Å². The second-order valence-electron chi connectivity index (χ2n) is 3.89. The Kier molecular flexibility index (Phi) is 1.40. The number of urea groups is 1. The highest BCUT2D eigenvalue weighted by molar-refractivity contribution is 6.06. The minimum Gasteiger partial charge on any atom is -0.324 e. The van der Waals surface area contributed by atoms with Crippen LogP contribution in [0.5, 0.6) is 0 Å². The number of amides is 3. The third-order valence-electron chi connectivity index (χ3n) is 2.51. The quantitative estimate of drug-likeness (QED) is 0.586. The molecule has 1 atom stereocenters. The third-order valence-corrected chi connectivity index (χ3v) is 2.51. The van der Waals surface area contributed by atoms with Gasteiger partial charge in [-0.05, 0) is 19.3 Å². The van der Waals surface area contributed by atoms with E-state index in [2.05, 4.69) is 10.6 Å². The Labute approximate surface area is 70.7 Å². The molecule has 0 aromatic heterocycles. The molecule has 12 heavy (non-hydrogen) atoms. The van der Waals surface area contributed by atoms with Gasteiger partial charge in [0.2, 0.25) is 0 Å². The Morgan fingerprint density at radius 2 is 2.17 bits per heavy atom. The molecule has 1 heterocycles. The van der Waals surface area contributed by atoms with Crippen molar-refractivity contribution in [2.45, 2.75) is 31.7 Å². The van der Waals surface area contributed by atoms with Gasteiger partial charge in [0.05, 0.1) is 0 Å². The molecule has 1 unspecified atom stereocenters. The summed E-state index contributed by atoms with van der Waals surface area (Å²) < 4.78 is 0. The summed E-state index contributed by atoms with van der Waals surface area (Å²) in [6.07, 6.45) is 3.17. The van der Waals surface area contributed by atoms with Gasteiger partial charge in [-0.15, -0.1) is 0 Å². The lowest BCUT2D eigenvalue weighted by atomic mass is 9.95. The molecule has 1 saturated heterocycles. The standard InChI is InChI=1S/C8H12N2O2/c1-8(4-5-2-3-5)6(11)9-7(12)10-8/h5H,2-4H2,1H3,(H2,9,10,11,12). The first-order chi connectivity index (χ1) is 5.60. The second kappa shape index (κ2) is 2.21. The topological polar surface area (TPSA) is 58.2 Å². The normalized spacial score (nSPS) is 34.8. The van der Waals surface area contributed by atoms with E-state index in [0.717, 1.165) is 6.42 Å². The fourth-order valence-electron chi connectivity index (χ4n) is 1.62. The summed E-state index contributed by atoms with van der Waals surface area (Å²) in [5.74, 6) is 0.457. The van der Waals surface area contributed by atoms with Crippen molar-refractivity contribution in [3.63, 3.8) is 0 Å². The molecular weight excluding hydrogens is 156 g/mol. The molecule has 1 aliphatic carbocycles. The predicted molar refractivity (Wildman–Crippen MR) is 42.4 cm³/mol. The van der Waals surface area contributed by atoms with E-state index in [1.54, 1.807) is 6.92 Å². The SMILES string of the molecule is CC1(CC2CC2)NC(=O)NC1=O. The van der Waals surface area contributed by atoms with Crippen LogP contribution in [0.2, 0.25) is 0 Å². The van der Waals surface area contributed by atoms with E-state index in [1.807, 2.05) is 0 Å². The summed E-state index contributed by atoms with van der Waals surface area (Å²) in [5, 5.41) is 4.90. The van der Waals surface area contributed by atoms with Gasteiger partial charge in [-0.3, -0.25) is 10.1 Å². The van der Waals surface area contributed by atoms with Crippen LogP contribution in [0.1, 0.15) is 26.2 Å². The number of hydrogen-bond acceptors (Lipinski definition) is 2. The van der Waals surface area contributed by atoms with Gasteiger partial charge in [-0.2, -0.15) is 0 Å². The van der Waals surface area contributed by atoms with Crippen LogP contribution in [0, 0.1) is 5.92 Å². The van der Waals surface area contributed by atoms with Gasteiger partial charge < -0.3 is 5.32 Å². The lowest BCUT2D eigenvalue weighted by Crippen LogP contribution is -2.43. The van der Waals surface area contributed by atoms with Crippen LogP contribution in [0.25, 0.3) is 0 Å². The van der Waals surface area contributed by atoms with Crippen molar-refractivity contribution in [1.29, 1.82) is 0 Å². The van der Waals surface area contributed by atoms with Gasteiger partial charge in [-0.1, -0.05) is 12.8 Å². The van der Waals surface area contributed by atoms with Crippen molar-refractivity contribution in [2.24, 2.45) is 5.92 Å². The first kappa shape index (κ1) is 7.58. The van der Waals surface area contributed by atoms with Gasteiger partial charge in [-0.25, -0.2) is 4.79 Å². The Morgan fingerprint density at radius 1 is 1.50 bits per heavy atom. The maximum atomic E-state index is 11.3. The number of rotatable bonds is 2. The van der Waals surface area contributed by atoms with Gasteiger partial charge in [0, 0.05) is 0 Å². The van der Waals surface area contributed by atoms with Gasteiger partial charge in [0.25, 0.3) is 5.91 Å². The molecule has 3 amide bonds. The van der Waals surface area contributed by atoms with Gasteiger partial charge in [0.1, 0.15) is 5.54 Å². The largest absolute Gasteiger partial charge is 0.324 e. The molecule has 0 aromatic carbocycles. The number of imide groups is 1. The Morgan fingerprint density at radius 3 is 2.58 bits per heavy atom. The number of nitrogens with one attached hydrogen (secondary N) is 2. The van der Waals surface area contributed by atoms with Crippen LogP contribution >= 0.6 is 0 Å². The first-order valence-corrected chi connectivity index (χ1v) is 4.24. The lowest BCUT2D eigenvalue weighted by molar-refractivity contribution is -0.123. The highest BCUT2D eigenvalue weighted by Crippen LogP contribution is 2.37. The van der Waals surface area contributed by atoms with E-state index in [9.17, 15) is 9.59 Å². The zero-order valence-electron chi connectivity index (χ0n) is 7.02. The maximum Gasteiger partial charge on any atom is 0.322 e. The van der Waals surface area contributed by atoms with E-state index in [0.29, 0.717) is 5.92 Å². The van der Waals surface area contributed by atoms with Gasteiger partial charge >= 0.3 is 6.03 Å². The van der Waals surface area contributed by atoms with Crippen molar-refractivity contribution < 1.29 is 9.59 Å². The monoisotopic (exact) mass is 168 g/mol. The molecule has 0 aromatic rings. The molecule has 0 bridgehead atoms. The van der Waals surface area contributed by atoms with Crippen LogP contribution in [0.4, 0.5) is 4.79 Å². The average molecular weight is 168 g/mol. The fourth-order valence-corrected chi connectivity index (χ4v) is 1.62. The van der Waals surface area contributed by atoms with E-state index in [4.69, 9.17) is 0 Å². The Bertz CT molecular complexity index is 247. The van der Waals surface area contributed by atoms with Crippen molar-refractivity contribution >= 4 is 11.9 Å². The number of hydrogen-bond donors (Lipinski definition) is 2. The van der Waals surface area contributed by atoms with E-state index >= 15 is 0 Å². The third kappa shape index (κ3) is 1.17. The number of carbonyl (C=O) groups is 2. The van der Waals surface area contributed by atoms with Crippen LogP contribution in [0.3, 0.4) is 0 Å². The zero-order valence-corrected chi connectivity index (χ0v) is 7.02. The van der Waals surface area contributed by atoms with Crippen molar-refractivity contribution in [3.05, 3.63) is 0 Å². The summed E-state index contributed by atoms with van der Waals surface area (Å²) in [6, 6.07) is -0.358. The van der Waals surface area contributed by atoms with Crippen LogP contribution < -0.4 is 10.6 Å². The predicted octanol–water partition coefficient (Wildman–Crippen LogP) is 0.385. The maximum absolute atomic E-state index is 11.3. The van der Waals surface area contributed by atoms with Crippen molar-refractivity contribution in [2.75, 3.05) is 0 Å². The number of carbonyl (C=O) groups excluding carboxylic acids is 2. The van der Waals surface area contributed by atoms with Crippen molar-refractivity contribution in [3.8, 4) is 0 Å². The minimum absolute atomic E-state index is 0.181. The van der Waals surface area contributed by atoms with Crippen molar-refractivity contribution in [1.82, 2.24) is 10.6 Å². The molecule has 2 N–H and O–H groups in total. The van der Waals surface area contributed by atoms with E-state index < -0.39 is 5.54 Å². The molecule has 66 valence electrons. The summed E-state index contributed by atoms with van der Waals surface area (Å²) in [7, 11) is 0. The molecule has 4 nitrogen and oxygen atoms in total. The highest BCUT2D eigenvalue weighted by Gasteiger charge is 2.45. The Hall–Kier alpha value is -1.06. The first-order valence-electron chi connectivity index (χ1n) is 4.24.